The molecule has 3 aromatic rings. The summed E-state index contributed by atoms with van der Waals surface area (Å²) in [5.74, 6) is 0.416. The van der Waals surface area contributed by atoms with Crippen LogP contribution in [0.1, 0.15) is 55.8 Å². The Hall–Kier alpha value is -3.75. The van der Waals surface area contributed by atoms with Crippen molar-refractivity contribution in [2.75, 3.05) is 18.9 Å². The summed E-state index contributed by atoms with van der Waals surface area (Å²) in [4.78, 5) is 33.5. The molecule has 184 valence electrons. The largest absolute Gasteiger partial charge is 0.465 e. The fourth-order valence-electron chi connectivity index (χ4n) is 4.14. The van der Waals surface area contributed by atoms with Crippen LogP contribution in [-0.4, -0.2) is 35.3 Å². The van der Waals surface area contributed by atoms with Crippen molar-refractivity contribution in [2.45, 2.75) is 32.9 Å². The van der Waals surface area contributed by atoms with E-state index in [1.807, 2.05) is 37.3 Å². The second-order valence-electron chi connectivity index (χ2n) is 9.15. The maximum absolute atomic E-state index is 12.8. The summed E-state index contributed by atoms with van der Waals surface area (Å²) in [5.41, 5.74) is 5.12. The molecule has 8 heteroatoms. The van der Waals surface area contributed by atoms with Crippen molar-refractivity contribution in [3.8, 4) is 0 Å². The minimum Gasteiger partial charge on any atom is -0.465 e. The number of anilines is 1. The van der Waals surface area contributed by atoms with Gasteiger partial charge in [0.2, 0.25) is 0 Å². The highest BCUT2D eigenvalue weighted by Gasteiger charge is 2.19. The molecule has 2 N–H and O–H groups in total. The maximum atomic E-state index is 12.8. The highest BCUT2D eigenvalue weighted by molar-refractivity contribution is 7.15. The Bertz CT molecular complexity index is 1360. The quantitative estimate of drug-likeness (QED) is 0.499. The van der Waals surface area contributed by atoms with Crippen molar-refractivity contribution in [1.82, 2.24) is 15.2 Å². The first-order valence-corrected chi connectivity index (χ1v) is 12.7. The zero-order chi connectivity index (χ0) is 25.1. The number of carbonyl (C=O) groups excluding carboxylic acids is 2. The Morgan fingerprint density at radius 3 is 2.72 bits per heavy atom. The van der Waals surface area contributed by atoms with E-state index >= 15 is 0 Å². The molecule has 2 amide bonds. The molecule has 36 heavy (non-hydrogen) atoms. The van der Waals surface area contributed by atoms with E-state index in [0.29, 0.717) is 22.8 Å². The third-order valence-electron chi connectivity index (χ3n) is 6.21. The summed E-state index contributed by atoms with van der Waals surface area (Å²) in [7, 11) is 2.09. The number of ether oxygens (including phenoxy) is 1. The lowest BCUT2D eigenvalue weighted by Crippen LogP contribution is -2.25. The van der Waals surface area contributed by atoms with E-state index in [9.17, 15) is 9.59 Å². The number of thiazole rings is 1. The van der Waals surface area contributed by atoms with Crippen LogP contribution in [0, 0.1) is 0 Å². The Balaban J connectivity index is 1.17. The summed E-state index contributed by atoms with van der Waals surface area (Å²) >= 11 is 1.53. The SMILES string of the molecule is CC1=COC(c2ccc(C(=O)NCc3cccc(C(=O)Nc4nc5c(s4)CN(C)CC5)c3)cc2)=CC1. The lowest BCUT2D eigenvalue weighted by atomic mass is 10.1. The molecule has 0 fully saturated rings. The average molecular weight is 501 g/mol. The maximum Gasteiger partial charge on any atom is 0.257 e. The van der Waals surface area contributed by atoms with Gasteiger partial charge in [0.25, 0.3) is 11.8 Å². The lowest BCUT2D eigenvalue weighted by molar-refractivity contribution is 0.0950. The van der Waals surface area contributed by atoms with Gasteiger partial charge in [-0.1, -0.05) is 24.3 Å². The van der Waals surface area contributed by atoms with Crippen LogP contribution in [0.15, 0.2) is 66.4 Å². The fraction of sp³-hybridized carbons (Fsp3) is 0.250. The van der Waals surface area contributed by atoms with Crippen LogP contribution in [0.4, 0.5) is 5.13 Å². The van der Waals surface area contributed by atoms with E-state index in [-0.39, 0.29) is 11.8 Å². The number of carbonyl (C=O) groups is 2. The number of hydrogen-bond acceptors (Lipinski definition) is 6. The van der Waals surface area contributed by atoms with Gasteiger partial charge in [0.1, 0.15) is 5.76 Å². The van der Waals surface area contributed by atoms with Crippen LogP contribution >= 0.6 is 11.3 Å². The van der Waals surface area contributed by atoms with E-state index in [1.165, 1.54) is 21.8 Å². The molecule has 0 bridgehead atoms. The normalized spacial score (nSPS) is 15.3. The molecule has 3 heterocycles. The third-order valence-corrected chi connectivity index (χ3v) is 7.21. The molecule has 1 aromatic heterocycles. The second kappa shape index (κ2) is 10.5. The van der Waals surface area contributed by atoms with Gasteiger partial charge in [-0.15, -0.1) is 11.3 Å². The van der Waals surface area contributed by atoms with Gasteiger partial charge >= 0.3 is 0 Å². The Morgan fingerprint density at radius 2 is 1.94 bits per heavy atom. The van der Waals surface area contributed by atoms with Gasteiger partial charge in [0, 0.05) is 47.6 Å². The van der Waals surface area contributed by atoms with Crippen molar-refractivity contribution in [3.05, 3.63) is 99.3 Å². The van der Waals surface area contributed by atoms with Gasteiger partial charge in [0.15, 0.2) is 5.13 Å². The number of nitrogens with one attached hydrogen (secondary N) is 2. The molecule has 2 aromatic carbocycles. The summed E-state index contributed by atoms with van der Waals surface area (Å²) in [6, 6.07) is 14.6. The topological polar surface area (TPSA) is 83.6 Å². The summed E-state index contributed by atoms with van der Waals surface area (Å²) < 4.78 is 5.64. The fourth-order valence-corrected chi connectivity index (χ4v) is 5.22. The van der Waals surface area contributed by atoms with Crippen LogP contribution in [0.5, 0.6) is 0 Å². The predicted octanol–water partition coefficient (Wildman–Crippen LogP) is 4.98. The van der Waals surface area contributed by atoms with Crippen LogP contribution in [0.3, 0.4) is 0 Å². The number of benzene rings is 2. The van der Waals surface area contributed by atoms with E-state index in [2.05, 4.69) is 27.6 Å². The van der Waals surface area contributed by atoms with Gasteiger partial charge in [0.05, 0.1) is 12.0 Å². The first-order chi connectivity index (χ1) is 17.4. The number of rotatable bonds is 6. The molecule has 0 unspecified atom stereocenters. The highest BCUT2D eigenvalue weighted by atomic mass is 32.1. The lowest BCUT2D eigenvalue weighted by Gasteiger charge is -2.20. The van der Waals surface area contributed by atoms with Crippen molar-refractivity contribution >= 4 is 34.0 Å². The molecule has 2 aliphatic rings. The smallest absolute Gasteiger partial charge is 0.257 e. The number of aromatic nitrogens is 1. The molecule has 0 aliphatic carbocycles. The molecule has 2 aliphatic heterocycles. The van der Waals surface area contributed by atoms with Crippen molar-refractivity contribution < 1.29 is 14.3 Å². The van der Waals surface area contributed by atoms with Gasteiger partial charge in [-0.25, -0.2) is 4.98 Å². The number of hydrogen-bond donors (Lipinski definition) is 2. The molecule has 0 saturated heterocycles. The minimum absolute atomic E-state index is 0.177. The predicted molar refractivity (Wildman–Crippen MR) is 142 cm³/mol. The number of allylic oxidation sites excluding steroid dienone is 2. The summed E-state index contributed by atoms with van der Waals surface area (Å²) in [5, 5.41) is 6.49. The molecule has 0 atom stereocenters. The molecule has 0 spiro atoms. The minimum atomic E-state index is -0.206. The van der Waals surface area contributed by atoms with Crippen LogP contribution in [0.2, 0.25) is 0 Å². The van der Waals surface area contributed by atoms with Gasteiger partial charge in [-0.3, -0.25) is 14.9 Å². The molecule has 7 nitrogen and oxygen atoms in total. The average Bonchev–Trinajstić information content (AvgIpc) is 3.29. The van der Waals surface area contributed by atoms with E-state index < -0.39 is 0 Å². The first kappa shape index (κ1) is 24.0. The Kier molecular flexibility index (Phi) is 6.97. The Morgan fingerprint density at radius 1 is 1.11 bits per heavy atom. The van der Waals surface area contributed by atoms with Gasteiger partial charge in [-0.2, -0.15) is 0 Å². The molecule has 0 saturated carbocycles. The van der Waals surface area contributed by atoms with Crippen molar-refractivity contribution in [1.29, 1.82) is 0 Å². The highest BCUT2D eigenvalue weighted by Crippen LogP contribution is 2.28. The first-order valence-electron chi connectivity index (χ1n) is 11.9. The molecular weight excluding hydrogens is 472 g/mol. The molecule has 5 rings (SSSR count). The van der Waals surface area contributed by atoms with Crippen molar-refractivity contribution in [3.63, 3.8) is 0 Å². The second-order valence-corrected chi connectivity index (χ2v) is 10.2. The van der Waals surface area contributed by atoms with Gasteiger partial charge < -0.3 is 15.0 Å². The Labute approximate surface area is 214 Å². The number of nitrogens with zero attached hydrogens (tertiary/aromatic N) is 2. The van der Waals surface area contributed by atoms with E-state index in [0.717, 1.165) is 48.5 Å². The van der Waals surface area contributed by atoms with Crippen molar-refractivity contribution in [2.24, 2.45) is 0 Å². The zero-order valence-corrected chi connectivity index (χ0v) is 21.2. The van der Waals surface area contributed by atoms with Crippen LogP contribution in [0.25, 0.3) is 5.76 Å². The molecule has 0 radical (unpaired) electrons. The zero-order valence-electron chi connectivity index (χ0n) is 20.3. The standard InChI is InChI=1S/C28H28N4O3S/c1-18-6-11-24(35-17-18)20-7-9-21(10-8-20)26(33)29-15-19-4-3-5-22(14-19)27(34)31-28-30-23-12-13-32(2)16-25(23)36-28/h3-5,7-11,14,17H,6,12-13,15-16H2,1-2H3,(H,29,33)(H,30,31,34). The summed E-state index contributed by atoms with van der Waals surface area (Å²) in [6.45, 7) is 4.18. The van der Waals surface area contributed by atoms with Gasteiger partial charge in [-0.05, 0) is 61.9 Å². The number of likely N-dealkylation sites (N-methyl/N-ethyl adjacent to an activating group) is 1. The summed E-state index contributed by atoms with van der Waals surface area (Å²) in [6.07, 6.45) is 5.55. The van der Waals surface area contributed by atoms with E-state index in [1.54, 1.807) is 30.5 Å². The van der Waals surface area contributed by atoms with Crippen LogP contribution in [-0.2, 0) is 24.2 Å². The third kappa shape index (κ3) is 5.56. The monoisotopic (exact) mass is 500 g/mol. The van der Waals surface area contributed by atoms with E-state index in [4.69, 9.17) is 4.74 Å². The molecular formula is C28H28N4O3S. The van der Waals surface area contributed by atoms with Crippen LogP contribution < -0.4 is 10.6 Å². The number of amides is 2. The number of fused-ring (bicyclic) bond motifs is 1.